The van der Waals surface area contributed by atoms with Crippen LogP contribution < -0.4 is 9.47 Å². The summed E-state index contributed by atoms with van der Waals surface area (Å²) in [6, 6.07) is 31.5. The highest BCUT2D eigenvalue weighted by molar-refractivity contribution is 5.79. The molecule has 0 bridgehead atoms. The van der Waals surface area contributed by atoms with Crippen molar-refractivity contribution in [2.45, 2.75) is 89.9 Å². The van der Waals surface area contributed by atoms with Crippen molar-refractivity contribution >= 4 is 0 Å². The lowest BCUT2D eigenvalue weighted by atomic mass is 9.94. The lowest BCUT2D eigenvalue weighted by molar-refractivity contribution is 0.239. The maximum atomic E-state index is 5.97. The molecule has 1 aliphatic carbocycles. The van der Waals surface area contributed by atoms with E-state index in [2.05, 4.69) is 105 Å². The van der Waals surface area contributed by atoms with E-state index in [4.69, 9.17) is 18.9 Å². The maximum Gasteiger partial charge on any atom is 0.119 e. The number of benzene rings is 4. The summed E-state index contributed by atoms with van der Waals surface area (Å²) < 4.78 is 22.3. The second kappa shape index (κ2) is 20.3. The highest BCUT2D eigenvalue weighted by Gasteiger charge is 2.25. The predicted octanol–water partition coefficient (Wildman–Crippen LogP) is 11.6. The number of hydrogen-bond acceptors (Lipinski definition) is 4. The highest BCUT2D eigenvalue weighted by atomic mass is 16.5. The van der Waals surface area contributed by atoms with Crippen LogP contribution in [-0.2, 0) is 35.2 Å². The van der Waals surface area contributed by atoms with Crippen molar-refractivity contribution in [3.8, 4) is 22.6 Å². The molecule has 4 aromatic carbocycles. The first-order valence-corrected chi connectivity index (χ1v) is 18.8. The fourth-order valence-electron chi connectivity index (χ4n) is 6.82. The molecular weight excluding hydrogens is 617 g/mol. The lowest BCUT2D eigenvalue weighted by Crippen LogP contribution is -1.99. The minimum Gasteiger partial charge on any atom is -0.502 e. The molecule has 4 nitrogen and oxygen atoms in total. The van der Waals surface area contributed by atoms with Gasteiger partial charge in [-0.25, -0.2) is 0 Å². The molecule has 0 N–H and O–H groups in total. The SMILES string of the molecule is C=COCCCCCCOc1ccc(CCc2ccc3c(c2)C(C)c2cc(CCc4ccc(OCCCCCCOC=C)cc4)ccc2-3)cc1. The van der Waals surface area contributed by atoms with Crippen LogP contribution in [0.4, 0.5) is 0 Å². The Labute approximate surface area is 301 Å². The van der Waals surface area contributed by atoms with Gasteiger partial charge in [0.05, 0.1) is 39.0 Å². The minimum absolute atomic E-state index is 0.411. The molecule has 264 valence electrons. The molecule has 0 saturated heterocycles. The van der Waals surface area contributed by atoms with Crippen LogP contribution in [0.5, 0.6) is 11.5 Å². The molecule has 0 spiro atoms. The molecule has 0 saturated carbocycles. The quantitative estimate of drug-likeness (QED) is 0.0548. The van der Waals surface area contributed by atoms with Gasteiger partial charge < -0.3 is 18.9 Å². The Morgan fingerprint density at radius 1 is 0.460 bits per heavy atom. The average Bonchev–Trinajstić information content (AvgIpc) is 3.43. The summed E-state index contributed by atoms with van der Waals surface area (Å²) in [4.78, 5) is 0. The third kappa shape index (κ3) is 11.3. The van der Waals surface area contributed by atoms with Crippen molar-refractivity contribution in [1.29, 1.82) is 0 Å². The van der Waals surface area contributed by atoms with E-state index in [1.165, 1.54) is 57.0 Å². The van der Waals surface area contributed by atoms with Crippen molar-refractivity contribution in [3.05, 3.63) is 144 Å². The van der Waals surface area contributed by atoms with E-state index < -0.39 is 0 Å². The number of aryl methyl sites for hydroxylation is 4. The second-order valence-electron chi connectivity index (χ2n) is 13.5. The number of ether oxygens (including phenoxy) is 4. The molecule has 0 aromatic heterocycles. The first kappa shape index (κ1) is 36.8. The molecule has 5 rings (SSSR count). The summed E-state index contributed by atoms with van der Waals surface area (Å²) >= 11 is 0. The van der Waals surface area contributed by atoms with E-state index in [1.807, 2.05) is 0 Å². The average molecular weight is 673 g/mol. The fourth-order valence-corrected chi connectivity index (χ4v) is 6.82. The van der Waals surface area contributed by atoms with E-state index >= 15 is 0 Å². The molecule has 0 unspecified atom stereocenters. The van der Waals surface area contributed by atoms with Gasteiger partial charge >= 0.3 is 0 Å². The molecule has 4 heteroatoms. The molecule has 4 aromatic rings. The van der Waals surface area contributed by atoms with Gasteiger partial charge in [-0.3, -0.25) is 0 Å². The van der Waals surface area contributed by atoms with Crippen molar-refractivity contribution in [2.24, 2.45) is 0 Å². The highest BCUT2D eigenvalue weighted by Crippen LogP contribution is 2.45. The Balaban J connectivity index is 1.04. The first-order valence-electron chi connectivity index (χ1n) is 18.8. The van der Waals surface area contributed by atoms with Crippen molar-refractivity contribution in [3.63, 3.8) is 0 Å². The van der Waals surface area contributed by atoms with Crippen LogP contribution in [0.25, 0.3) is 11.1 Å². The topological polar surface area (TPSA) is 36.9 Å². The van der Waals surface area contributed by atoms with Gasteiger partial charge in [0, 0.05) is 5.92 Å². The third-order valence-electron chi connectivity index (χ3n) is 9.79. The summed E-state index contributed by atoms with van der Waals surface area (Å²) in [6.07, 6.45) is 16.1. The van der Waals surface area contributed by atoms with Gasteiger partial charge in [0.2, 0.25) is 0 Å². The Hall–Kier alpha value is -4.44. The second-order valence-corrected chi connectivity index (χ2v) is 13.5. The number of rotatable bonds is 24. The van der Waals surface area contributed by atoms with Gasteiger partial charge in [0.1, 0.15) is 11.5 Å². The zero-order valence-electron chi connectivity index (χ0n) is 30.2. The molecule has 0 fully saturated rings. The van der Waals surface area contributed by atoms with E-state index in [9.17, 15) is 0 Å². The van der Waals surface area contributed by atoms with Crippen LogP contribution in [0.2, 0.25) is 0 Å². The van der Waals surface area contributed by atoms with Gasteiger partial charge in [0.25, 0.3) is 0 Å². The molecule has 0 atom stereocenters. The normalized spacial score (nSPS) is 11.9. The van der Waals surface area contributed by atoms with Gasteiger partial charge in [0.15, 0.2) is 0 Å². The largest absolute Gasteiger partial charge is 0.502 e. The standard InChI is InChI=1S/C46H56O4/c1-4-47-30-10-6-8-12-32-49-41-24-18-37(19-25-41)14-16-39-22-28-43-44-29-23-40(35-46(44)36(3)45(43)34-39)17-15-38-20-26-42(27-21-38)50-33-13-9-7-11-31-48-5-2/h4-5,18-29,34-36H,1-2,6-17,30-33H2,3H3. The maximum absolute atomic E-state index is 5.97. The van der Waals surface area contributed by atoms with Crippen molar-refractivity contribution in [2.75, 3.05) is 26.4 Å². The van der Waals surface area contributed by atoms with Gasteiger partial charge in [-0.05, 0) is 146 Å². The zero-order chi connectivity index (χ0) is 34.8. The fraction of sp³-hybridized carbons (Fsp3) is 0.391. The van der Waals surface area contributed by atoms with Crippen LogP contribution >= 0.6 is 0 Å². The first-order chi connectivity index (χ1) is 24.6. The summed E-state index contributed by atoms with van der Waals surface area (Å²) in [6.45, 7) is 12.6. The predicted molar refractivity (Wildman–Crippen MR) is 207 cm³/mol. The van der Waals surface area contributed by atoms with Crippen LogP contribution in [0.15, 0.2) is 111 Å². The summed E-state index contributed by atoms with van der Waals surface area (Å²) in [5, 5.41) is 0. The lowest BCUT2D eigenvalue weighted by Gasteiger charge is -2.11. The molecule has 0 radical (unpaired) electrons. The molecule has 1 aliphatic rings. The van der Waals surface area contributed by atoms with Crippen LogP contribution in [0.1, 0.15) is 97.6 Å². The number of hydrogen-bond donors (Lipinski definition) is 0. The Morgan fingerprint density at radius 3 is 1.22 bits per heavy atom. The summed E-state index contributed by atoms with van der Waals surface area (Å²) in [5.74, 6) is 2.33. The van der Waals surface area contributed by atoms with Gasteiger partial charge in [-0.15, -0.1) is 0 Å². The molecular formula is C46H56O4. The molecule has 50 heavy (non-hydrogen) atoms. The van der Waals surface area contributed by atoms with E-state index in [0.717, 1.165) is 115 Å². The van der Waals surface area contributed by atoms with E-state index in [1.54, 1.807) is 0 Å². The summed E-state index contributed by atoms with van der Waals surface area (Å²) in [7, 11) is 0. The Kier molecular flexibility index (Phi) is 14.9. The van der Waals surface area contributed by atoms with E-state index in [0.29, 0.717) is 5.92 Å². The van der Waals surface area contributed by atoms with E-state index in [-0.39, 0.29) is 0 Å². The molecule has 0 aliphatic heterocycles. The number of unbranched alkanes of at least 4 members (excludes halogenated alkanes) is 6. The van der Waals surface area contributed by atoms with Crippen molar-refractivity contribution < 1.29 is 18.9 Å². The molecule has 0 amide bonds. The van der Waals surface area contributed by atoms with Gasteiger partial charge in [-0.1, -0.05) is 80.7 Å². The summed E-state index contributed by atoms with van der Waals surface area (Å²) in [5.41, 5.74) is 11.2. The van der Waals surface area contributed by atoms with Crippen molar-refractivity contribution in [1.82, 2.24) is 0 Å². The van der Waals surface area contributed by atoms with Gasteiger partial charge in [-0.2, -0.15) is 0 Å². The minimum atomic E-state index is 0.411. The zero-order valence-corrected chi connectivity index (χ0v) is 30.2. The Bertz CT molecular complexity index is 1480. The van der Waals surface area contributed by atoms with Crippen LogP contribution in [0, 0.1) is 0 Å². The monoisotopic (exact) mass is 672 g/mol. The Morgan fingerprint density at radius 2 is 0.820 bits per heavy atom. The smallest absolute Gasteiger partial charge is 0.119 e. The molecule has 0 heterocycles. The third-order valence-corrected chi connectivity index (χ3v) is 9.79. The number of fused-ring (bicyclic) bond motifs is 3. The van der Waals surface area contributed by atoms with Crippen LogP contribution in [-0.4, -0.2) is 26.4 Å². The van der Waals surface area contributed by atoms with Crippen LogP contribution in [0.3, 0.4) is 0 Å².